The highest BCUT2D eigenvalue weighted by atomic mass is 35.5. The van der Waals surface area contributed by atoms with Crippen molar-refractivity contribution in [3.8, 4) is 5.69 Å². The molecule has 0 fully saturated rings. The van der Waals surface area contributed by atoms with E-state index in [1.807, 2.05) is 13.0 Å². The van der Waals surface area contributed by atoms with Gasteiger partial charge < -0.3 is 10.2 Å². The maximum absolute atomic E-state index is 13.1. The van der Waals surface area contributed by atoms with Crippen LogP contribution in [0.4, 0.5) is 11.6 Å². The van der Waals surface area contributed by atoms with Crippen molar-refractivity contribution in [2.75, 3.05) is 16.8 Å². The Labute approximate surface area is 234 Å². The number of anilines is 2. The van der Waals surface area contributed by atoms with Crippen molar-refractivity contribution < 1.29 is 4.79 Å². The Morgan fingerprint density at radius 1 is 0.897 bits per heavy atom. The Kier molecular flexibility index (Phi) is 6.54. The molecular formula is C30H23Cl2N5O2. The number of hydrogen-bond acceptors (Lipinski definition) is 5. The van der Waals surface area contributed by atoms with Gasteiger partial charge in [-0.3, -0.25) is 14.2 Å². The molecule has 5 aromatic rings. The molecule has 2 aromatic heterocycles. The molecule has 0 atom stereocenters. The van der Waals surface area contributed by atoms with Crippen LogP contribution in [-0.4, -0.2) is 27.0 Å². The van der Waals surface area contributed by atoms with Gasteiger partial charge in [-0.25, -0.2) is 4.98 Å². The molecule has 1 aliphatic heterocycles. The van der Waals surface area contributed by atoms with E-state index in [2.05, 4.69) is 28.4 Å². The number of nitrogens with zero attached hydrogens (tertiary/aromatic N) is 4. The van der Waals surface area contributed by atoms with Crippen LogP contribution in [0.1, 0.15) is 27.2 Å². The molecule has 0 saturated carbocycles. The van der Waals surface area contributed by atoms with Crippen molar-refractivity contribution >= 4 is 51.8 Å². The maximum Gasteiger partial charge on any atom is 0.256 e. The van der Waals surface area contributed by atoms with Crippen molar-refractivity contribution in [1.82, 2.24) is 14.5 Å². The zero-order valence-corrected chi connectivity index (χ0v) is 22.5. The van der Waals surface area contributed by atoms with E-state index in [0.717, 1.165) is 24.0 Å². The number of nitrogens with one attached hydrogen (secondary N) is 1. The summed E-state index contributed by atoms with van der Waals surface area (Å²) in [6, 6.07) is 23.4. The molecule has 3 heterocycles. The second kappa shape index (κ2) is 10.2. The van der Waals surface area contributed by atoms with Crippen molar-refractivity contribution in [1.29, 1.82) is 0 Å². The fraction of sp³-hybridized carbons (Fsp3) is 0.133. The molecule has 0 aliphatic carbocycles. The number of aromatic nitrogens is 3. The number of fused-ring (bicyclic) bond motifs is 2. The number of hydrogen-bond donors (Lipinski definition) is 1. The summed E-state index contributed by atoms with van der Waals surface area (Å²) in [7, 11) is 0. The predicted molar refractivity (Wildman–Crippen MR) is 155 cm³/mol. The summed E-state index contributed by atoms with van der Waals surface area (Å²) in [5.41, 5.74) is 5.25. The first-order valence-corrected chi connectivity index (χ1v) is 13.2. The van der Waals surface area contributed by atoms with Crippen LogP contribution in [0.3, 0.4) is 0 Å². The van der Waals surface area contributed by atoms with Gasteiger partial charge in [0, 0.05) is 35.8 Å². The minimum Gasteiger partial charge on any atom is -0.336 e. The van der Waals surface area contributed by atoms with Gasteiger partial charge in [-0.05, 0) is 73.0 Å². The van der Waals surface area contributed by atoms with Gasteiger partial charge in [0.25, 0.3) is 11.5 Å². The summed E-state index contributed by atoms with van der Waals surface area (Å²) in [6.45, 7) is 3.43. The molecule has 3 aromatic carbocycles. The molecule has 39 heavy (non-hydrogen) atoms. The number of aryl methyl sites for hydroxylation is 1. The molecule has 9 heteroatoms. The second-order valence-electron chi connectivity index (χ2n) is 9.42. The van der Waals surface area contributed by atoms with E-state index in [1.54, 1.807) is 53.1 Å². The minimum absolute atomic E-state index is 0.219. The van der Waals surface area contributed by atoms with Gasteiger partial charge in [0.2, 0.25) is 5.95 Å². The van der Waals surface area contributed by atoms with Crippen molar-refractivity contribution in [3.63, 3.8) is 0 Å². The highest BCUT2D eigenvalue weighted by Crippen LogP contribution is 2.27. The third kappa shape index (κ3) is 4.87. The molecule has 194 valence electrons. The van der Waals surface area contributed by atoms with E-state index >= 15 is 0 Å². The van der Waals surface area contributed by atoms with Gasteiger partial charge in [0.15, 0.2) is 5.65 Å². The highest BCUT2D eigenvalue weighted by Gasteiger charge is 2.20. The fourth-order valence-electron chi connectivity index (χ4n) is 4.85. The lowest BCUT2D eigenvalue weighted by molar-refractivity contribution is 0.102. The van der Waals surface area contributed by atoms with Crippen molar-refractivity contribution in [3.05, 3.63) is 122 Å². The average Bonchev–Trinajstić information content (AvgIpc) is 2.94. The third-order valence-electron chi connectivity index (χ3n) is 6.91. The van der Waals surface area contributed by atoms with Crippen LogP contribution < -0.4 is 15.8 Å². The zero-order chi connectivity index (χ0) is 27.1. The Bertz CT molecular complexity index is 1800. The van der Waals surface area contributed by atoms with E-state index in [1.165, 1.54) is 17.2 Å². The van der Waals surface area contributed by atoms with Crippen LogP contribution in [0.25, 0.3) is 16.7 Å². The lowest BCUT2D eigenvalue weighted by atomic mass is 10.0. The Morgan fingerprint density at radius 2 is 1.67 bits per heavy atom. The topological polar surface area (TPSA) is 80.1 Å². The van der Waals surface area contributed by atoms with Crippen molar-refractivity contribution in [2.24, 2.45) is 0 Å². The van der Waals surface area contributed by atoms with Gasteiger partial charge in [0.05, 0.1) is 21.4 Å². The van der Waals surface area contributed by atoms with Crippen molar-refractivity contribution in [2.45, 2.75) is 19.9 Å². The van der Waals surface area contributed by atoms with Gasteiger partial charge in [-0.1, -0.05) is 47.5 Å². The van der Waals surface area contributed by atoms with E-state index in [4.69, 9.17) is 33.2 Å². The SMILES string of the molecule is Cc1nc(N2CCc3ccccc3C2)nc2c1ccc(=O)n2-c1ccc(C(=O)Nc2ccc(Cl)c(Cl)c2)cc1. The highest BCUT2D eigenvalue weighted by molar-refractivity contribution is 6.42. The molecule has 0 bridgehead atoms. The molecule has 0 spiro atoms. The molecule has 1 aliphatic rings. The third-order valence-corrected chi connectivity index (χ3v) is 7.65. The van der Waals surface area contributed by atoms with Crippen LogP contribution in [0, 0.1) is 6.92 Å². The van der Waals surface area contributed by atoms with Crippen LogP contribution in [0.2, 0.25) is 10.0 Å². The number of benzene rings is 3. The standard InChI is InChI=1S/C30H23Cl2N5O2/c1-18-24-11-13-27(38)37(28(24)35-30(33-18)36-15-14-19-4-2-3-5-21(19)17-36)23-9-6-20(7-10-23)29(39)34-22-8-12-25(31)26(32)16-22/h2-13,16H,14-15,17H2,1H3,(H,34,39). The summed E-state index contributed by atoms with van der Waals surface area (Å²) >= 11 is 12.0. The van der Waals surface area contributed by atoms with Crippen LogP contribution in [0.5, 0.6) is 0 Å². The zero-order valence-electron chi connectivity index (χ0n) is 21.0. The van der Waals surface area contributed by atoms with E-state index in [-0.39, 0.29) is 11.5 Å². The molecule has 7 nitrogen and oxygen atoms in total. The number of pyridine rings is 1. The van der Waals surface area contributed by atoms with Gasteiger partial charge in [-0.2, -0.15) is 4.98 Å². The Morgan fingerprint density at radius 3 is 2.44 bits per heavy atom. The number of halogens is 2. The second-order valence-corrected chi connectivity index (χ2v) is 10.2. The molecule has 1 N–H and O–H groups in total. The van der Waals surface area contributed by atoms with Gasteiger partial charge >= 0.3 is 0 Å². The van der Waals surface area contributed by atoms with Gasteiger partial charge in [-0.15, -0.1) is 0 Å². The van der Waals surface area contributed by atoms with E-state index < -0.39 is 0 Å². The molecule has 1 amide bonds. The molecule has 6 rings (SSSR count). The molecule has 0 unspecified atom stereocenters. The lowest BCUT2D eigenvalue weighted by Gasteiger charge is -2.29. The summed E-state index contributed by atoms with van der Waals surface area (Å²) in [6.07, 6.45) is 0.907. The van der Waals surface area contributed by atoms with Crippen LogP contribution in [-0.2, 0) is 13.0 Å². The smallest absolute Gasteiger partial charge is 0.256 e. The monoisotopic (exact) mass is 555 g/mol. The predicted octanol–water partition coefficient (Wildman–Crippen LogP) is 6.21. The van der Waals surface area contributed by atoms with Gasteiger partial charge in [0.1, 0.15) is 0 Å². The first-order chi connectivity index (χ1) is 18.9. The summed E-state index contributed by atoms with van der Waals surface area (Å²) < 4.78 is 1.56. The number of amides is 1. The number of carbonyl (C=O) groups excluding carboxylic acids is 1. The van der Waals surface area contributed by atoms with Crippen LogP contribution >= 0.6 is 23.2 Å². The molecular weight excluding hydrogens is 533 g/mol. The Hall–Kier alpha value is -4.20. The molecule has 0 saturated heterocycles. The quantitative estimate of drug-likeness (QED) is 0.285. The largest absolute Gasteiger partial charge is 0.336 e. The fourth-order valence-corrected chi connectivity index (χ4v) is 5.15. The normalized spacial score (nSPS) is 12.8. The minimum atomic E-state index is -0.309. The molecule has 0 radical (unpaired) electrons. The lowest BCUT2D eigenvalue weighted by Crippen LogP contribution is -2.32. The first-order valence-electron chi connectivity index (χ1n) is 12.5. The summed E-state index contributed by atoms with van der Waals surface area (Å²) in [4.78, 5) is 37.7. The number of carbonyl (C=O) groups is 1. The number of rotatable bonds is 4. The maximum atomic E-state index is 13.1. The Balaban J connectivity index is 1.34. The van der Waals surface area contributed by atoms with E-state index in [9.17, 15) is 9.59 Å². The van der Waals surface area contributed by atoms with E-state index in [0.29, 0.717) is 45.1 Å². The summed E-state index contributed by atoms with van der Waals surface area (Å²) in [5, 5.41) is 4.36. The van der Waals surface area contributed by atoms with Crippen LogP contribution in [0.15, 0.2) is 83.7 Å². The first kappa shape index (κ1) is 25.1. The average molecular weight is 556 g/mol. The summed E-state index contributed by atoms with van der Waals surface area (Å²) in [5.74, 6) is 0.280.